The van der Waals surface area contributed by atoms with Gasteiger partial charge in [0, 0.05) is 16.4 Å². The molecule has 0 aliphatic heterocycles. The van der Waals surface area contributed by atoms with Crippen LogP contribution < -0.4 is 5.32 Å². The lowest BCUT2D eigenvalue weighted by molar-refractivity contribution is -0.117. The molecular formula is C18H18ClN3OS. The predicted octanol–water partition coefficient (Wildman–Crippen LogP) is 3.83. The molecular weight excluding hydrogens is 342 g/mol. The second-order valence-corrected chi connectivity index (χ2v) is 7.56. The summed E-state index contributed by atoms with van der Waals surface area (Å²) in [6.45, 7) is 0.937. The number of nitrogens with one attached hydrogen (secondary N) is 1. The Balaban J connectivity index is 1.60. The molecule has 0 saturated heterocycles. The lowest BCUT2D eigenvalue weighted by Crippen LogP contribution is -2.29. The Morgan fingerprint density at radius 1 is 1.38 bits per heavy atom. The summed E-state index contributed by atoms with van der Waals surface area (Å²) in [4.78, 5) is 15.5. The lowest BCUT2D eigenvalue weighted by atomic mass is 10.1. The largest absolute Gasteiger partial charge is 0.315 e. The number of carbonyl (C=O) groups is 1. The van der Waals surface area contributed by atoms with Gasteiger partial charge in [0.25, 0.3) is 0 Å². The van der Waals surface area contributed by atoms with E-state index in [1.54, 1.807) is 11.3 Å². The number of fused-ring (bicyclic) bond motifs is 1. The topological polar surface area (TPSA) is 56.1 Å². The summed E-state index contributed by atoms with van der Waals surface area (Å²) in [5, 5.41) is 13.7. The summed E-state index contributed by atoms with van der Waals surface area (Å²) in [6.07, 6.45) is 3.07. The van der Waals surface area contributed by atoms with Crippen LogP contribution in [0.2, 0.25) is 5.02 Å². The summed E-state index contributed by atoms with van der Waals surface area (Å²) in [5.41, 5.74) is 2.89. The monoisotopic (exact) mass is 359 g/mol. The lowest BCUT2D eigenvalue weighted by Gasteiger charge is -2.16. The van der Waals surface area contributed by atoms with Crippen molar-refractivity contribution in [2.45, 2.75) is 25.8 Å². The fraction of sp³-hybridized carbons (Fsp3) is 0.333. The standard InChI is InChI=1S/C18H18ClN3OS/c1-22(10-12-5-7-13(19)8-6-12)11-17(23)21-18-15(9-20)14-3-2-4-16(14)24-18/h5-8H,2-4,10-11H2,1H3,(H,21,23). The fourth-order valence-electron chi connectivity index (χ4n) is 2.98. The van der Waals surface area contributed by atoms with Gasteiger partial charge in [-0.15, -0.1) is 11.3 Å². The summed E-state index contributed by atoms with van der Waals surface area (Å²) in [5.74, 6) is -0.0945. The van der Waals surface area contributed by atoms with E-state index in [0.717, 1.165) is 30.4 Å². The Kier molecular flexibility index (Phi) is 5.20. The van der Waals surface area contributed by atoms with Crippen molar-refractivity contribution in [1.29, 1.82) is 5.26 Å². The number of amides is 1. The van der Waals surface area contributed by atoms with Crippen LogP contribution in [0.4, 0.5) is 5.00 Å². The number of hydrogen-bond donors (Lipinski definition) is 1. The molecule has 1 aromatic carbocycles. The van der Waals surface area contributed by atoms with E-state index in [-0.39, 0.29) is 12.5 Å². The maximum atomic E-state index is 12.3. The molecule has 0 fully saturated rings. The third-order valence-corrected chi connectivity index (χ3v) is 5.52. The van der Waals surface area contributed by atoms with Crippen LogP contribution in [0.3, 0.4) is 0 Å². The molecule has 1 aromatic heterocycles. The molecule has 6 heteroatoms. The average Bonchev–Trinajstić information content (AvgIpc) is 3.09. The number of aryl methyl sites for hydroxylation is 1. The minimum absolute atomic E-state index is 0.0945. The summed E-state index contributed by atoms with van der Waals surface area (Å²) in [7, 11) is 1.90. The quantitative estimate of drug-likeness (QED) is 0.882. The molecule has 24 heavy (non-hydrogen) atoms. The first-order chi connectivity index (χ1) is 11.6. The van der Waals surface area contributed by atoms with E-state index < -0.39 is 0 Å². The zero-order chi connectivity index (χ0) is 17.1. The van der Waals surface area contributed by atoms with Crippen LogP contribution in [0.1, 0.15) is 28.0 Å². The number of likely N-dealkylation sites (N-methyl/N-ethyl adjacent to an activating group) is 1. The Labute approximate surface area is 150 Å². The van der Waals surface area contributed by atoms with Gasteiger partial charge in [0.1, 0.15) is 11.1 Å². The maximum absolute atomic E-state index is 12.3. The highest BCUT2D eigenvalue weighted by Gasteiger charge is 2.23. The highest BCUT2D eigenvalue weighted by Crippen LogP contribution is 2.38. The maximum Gasteiger partial charge on any atom is 0.239 e. The molecule has 0 radical (unpaired) electrons. The van der Waals surface area contributed by atoms with Crippen LogP contribution in [0, 0.1) is 11.3 Å². The smallest absolute Gasteiger partial charge is 0.239 e. The molecule has 3 rings (SSSR count). The number of halogens is 1. The zero-order valence-electron chi connectivity index (χ0n) is 13.4. The van der Waals surface area contributed by atoms with Crippen LogP contribution in [0.5, 0.6) is 0 Å². The normalized spacial score (nSPS) is 12.9. The van der Waals surface area contributed by atoms with Gasteiger partial charge in [0.2, 0.25) is 5.91 Å². The van der Waals surface area contributed by atoms with Crippen LogP contribution >= 0.6 is 22.9 Å². The molecule has 0 bridgehead atoms. The number of thiophene rings is 1. The Bertz CT molecular complexity index is 792. The fourth-order valence-corrected chi connectivity index (χ4v) is 4.36. The number of carbonyl (C=O) groups excluding carboxylic acids is 1. The number of nitrogens with zero attached hydrogens (tertiary/aromatic N) is 2. The first-order valence-corrected chi connectivity index (χ1v) is 9.03. The Hall–Kier alpha value is -1.87. The van der Waals surface area contributed by atoms with E-state index in [0.29, 0.717) is 22.1 Å². The molecule has 1 heterocycles. The van der Waals surface area contributed by atoms with Gasteiger partial charge in [-0.05, 0) is 49.6 Å². The molecule has 0 spiro atoms. The number of anilines is 1. The van der Waals surface area contributed by atoms with Crippen molar-refractivity contribution in [3.05, 3.63) is 50.9 Å². The Morgan fingerprint density at radius 2 is 2.12 bits per heavy atom. The van der Waals surface area contributed by atoms with Crippen molar-refractivity contribution in [3.63, 3.8) is 0 Å². The highest BCUT2D eigenvalue weighted by molar-refractivity contribution is 7.16. The van der Waals surface area contributed by atoms with E-state index in [1.165, 1.54) is 4.88 Å². The Morgan fingerprint density at radius 3 is 2.83 bits per heavy atom. The van der Waals surface area contributed by atoms with Crippen molar-refractivity contribution in [1.82, 2.24) is 4.90 Å². The van der Waals surface area contributed by atoms with Gasteiger partial charge < -0.3 is 5.32 Å². The first-order valence-electron chi connectivity index (χ1n) is 7.84. The van der Waals surface area contributed by atoms with Crippen molar-refractivity contribution in [3.8, 4) is 6.07 Å². The van der Waals surface area contributed by atoms with E-state index in [4.69, 9.17) is 11.6 Å². The summed E-state index contributed by atoms with van der Waals surface area (Å²) < 4.78 is 0. The van der Waals surface area contributed by atoms with Gasteiger partial charge in [0.05, 0.1) is 12.1 Å². The van der Waals surface area contributed by atoms with Crippen LogP contribution in [-0.4, -0.2) is 24.4 Å². The molecule has 0 unspecified atom stereocenters. The zero-order valence-corrected chi connectivity index (χ0v) is 15.0. The van der Waals surface area contributed by atoms with Crippen LogP contribution in [-0.2, 0) is 24.2 Å². The molecule has 4 nitrogen and oxygen atoms in total. The molecule has 0 saturated carbocycles. The molecule has 1 N–H and O–H groups in total. The second kappa shape index (κ2) is 7.35. The second-order valence-electron chi connectivity index (χ2n) is 6.02. The number of nitriles is 1. The average molecular weight is 360 g/mol. The van der Waals surface area contributed by atoms with Gasteiger partial charge in [-0.2, -0.15) is 5.26 Å². The van der Waals surface area contributed by atoms with Gasteiger partial charge in [-0.25, -0.2) is 0 Å². The third kappa shape index (κ3) is 3.78. The molecule has 2 aromatic rings. The van der Waals surface area contributed by atoms with Crippen molar-refractivity contribution >= 4 is 33.8 Å². The minimum atomic E-state index is -0.0945. The van der Waals surface area contributed by atoms with Crippen LogP contribution in [0.15, 0.2) is 24.3 Å². The molecule has 0 atom stereocenters. The third-order valence-electron chi connectivity index (χ3n) is 4.07. The summed E-state index contributed by atoms with van der Waals surface area (Å²) >= 11 is 7.43. The van der Waals surface area contributed by atoms with Gasteiger partial charge in [-0.1, -0.05) is 23.7 Å². The van der Waals surface area contributed by atoms with E-state index in [1.807, 2.05) is 36.2 Å². The van der Waals surface area contributed by atoms with Gasteiger partial charge >= 0.3 is 0 Å². The van der Waals surface area contributed by atoms with Crippen molar-refractivity contribution in [2.24, 2.45) is 0 Å². The van der Waals surface area contributed by atoms with Gasteiger partial charge in [-0.3, -0.25) is 9.69 Å². The van der Waals surface area contributed by atoms with Crippen molar-refractivity contribution in [2.75, 3.05) is 18.9 Å². The van der Waals surface area contributed by atoms with Gasteiger partial charge in [0.15, 0.2) is 0 Å². The van der Waals surface area contributed by atoms with Crippen molar-refractivity contribution < 1.29 is 4.79 Å². The minimum Gasteiger partial charge on any atom is -0.315 e. The molecule has 1 amide bonds. The summed E-state index contributed by atoms with van der Waals surface area (Å²) in [6, 6.07) is 9.84. The number of rotatable bonds is 5. The SMILES string of the molecule is CN(CC(=O)Nc1sc2c(c1C#N)CCC2)Cc1ccc(Cl)cc1. The van der Waals surface area contributed by atoms with E-state index in [9.17, 15) is 10.1 Å². The number of hydrogen-bond acceptors (Lipinski definition) is 4. The molecule has 1 aliphatic rings. The van der Waals surface area contributed by atoms with E-state index in [2.05, 4.69) is 11.4 Å². The molecule has 124 valence electrons. The number of benzene rings is 1. The van der Waals surface area contributed by atoms with Crippen LogP contribution in [0.25, 0.3) is 0 Å². The predicted molar refractivity (Wildman–Crippen MR) is 97.5 cm³/mol. The first kappa shape index (κ1) is 17.0. The van der Waals surface area contributed by atoms with E-state index >= 15 is 0 Å². The highest BCUT2D eigenvalue weighted by atomic mass is 35.5. The molecule has 1 aliphatic carbocycles.